The summed E-state index contributed by atoms with van der Waals surface area (Å²) < 4.78 is 37.8. The molecule has 0 aliphatic carbocycles. The number of amides is 1. The number of hydrogen-bond acceptors (Lipinski definition) is 5. The van der Waals surface area contributed by atoms with Gasteiger partial charge < -0.3 is 14.4 Å². The zero-order chi connectivity index (χ0) is 22.5. The van der Waals surface area contributed by atoms with Gasteiger partial charge in [-0.1, -0.05) is 0 Å². The number of carbonyl (C=O) groups is 3. The van der Waals surface area contributed by atoms with Crippen LogP contribution in [-0.4, -0.2) is 49.4 Å². The van der Waals surface area contributed by atoms with Crippen LogP contribution in [0.3, 0.4) is 0 Å². The highest BCUT2D eigenvalue weighted by atomic mass is 79.9. The number of carbonyl (C=O) groups excluding carboxylic acids is 3. The van der Waals surface area contributed by atoms with Gasteiger partial charge in [-0.3, -0.25) is 14.4 Å². The largest absolute Gasteiger partial charge is 0.496 e. The number of benzene rings is 2. The fourth-order valence-corrected chi connectivity index (χ4v) is 3.87. The lowest BCUT2D eigenvalue weighted by Crippen LogP contribution is -2.41. The predicted molar refractivity (Wildman–Crippen MR) is 111 cm³/mol. The van der Waals surface area contributed by atoms with Crippen LogP contribution < -0.4 is 4.74 Å². The van der Waals surface area contributed by atoms with Gasteiger partial charge in [-0.15, -0.1) is 0 Å². The lowest BCUT2D eigenvalue weighted by Gasteiger charge is -2.31. The van der Waals surface area contributed by atoms with E-state index in [1.165, 1.54) is 12.0 Å². The van der Waals surface area contributed by atoms with Gasteiger partial charge >= 0.3 is 5.97 Å². The normalized spacial score (nSPS) is 14.3. The standard InChI is InChI=1S/C22H20BrF2NO5/c1-30-20-5-2-14(10-17(20)23)19(27)12-31-22(29)13-6-8-26(9-7-13)21(28)16-4-3-15(24)11-18(16)25/h2-5,10-11,13H,6-9,12H2,1H3. The fourth-order valence-electron chi connectivity index (χ4n) is 3.33. The Balaban J connectivity index is 1.50. The van der Waals surface area contributed by atoms with E-state index < -0.39 is 36.0 Å². The first-order valence-electron chi connectivity index (χ1n) is 9.58. The van der Waals surface area contributed by atoms with Crippen LogP contribution in [0.15, 0.2) is 40.9 Å². The lowest BCUT2D eigenvalue weighted by atomic mass is 9.96. The Kier molecular flexibility index (Phi) is 7.37. The van der Waals surface area contributed by atoms with E-state index in [4.69, 9.17) is 9.47 Å². The van der Waals surface area contributed by atoms with Gasteiger partial charge in [0.25, 0.3) is 5.91 Å². The van der Waals surface area contributed by atoms with Crippen molar-refractivity contribution in [3.8, 4) is 5.75 Å². The zero-order valence-electron chi connectivity index (χ0n) is 16.7. The van der Waals surface area contributed by atoms with E-state index in [9.17, 15) is 23.2 Å². The van der Waals surface area contributed by atoms with Gasteiger partial charge in [0.2, 0.25) is 0 Å². The van der Waals surface area contributed by atoms with Gasteiger partial charge in [0.15, 0.2) is 12.4 Å². The first-order valence-corrected chi connectivity index (χ1v) is 10.4. The molecule has 9 heteroatoms. The van der Waals surface area contributed by atoms with Crippen molar-refractivity contribution >= 4 is 33.6 Å². The third-order valence-electron chi connectivity index (χ3n) is 5.10. The molecule has 1 amide bonds. The average Bonchev–Trinajstić information content (AvgIpc) is 2.76. The Bertz CT molecular complexity index is 1010. The number of ketones is 1. The van der Waals surface area contributed by atoms with Crippen LogP contribution >= 0.6 is 15.9 Å². The summed E-state index contributed by atoms with van der Waals surface area (Å²) in [6.45, 7) is 0.0706. The van der Waals surface area contributed by atoms with Crippen LogP contribution in [0.1, 0.15) is 33.6 Å². The molecule has 1 aliphatic rings. The van der Waals surface area contributed by atoms with Gasteiger partial charge in [-0.05, 0) is 59.1 Å². The molecule has 0 N–H and O–H groups in total. The van der Waals surface area contributed by atoms with Crippen molar-refractivity contribution in [3.05, 3.63) is 63.6 Å². The molecule has 3 rings (SSSR count). The molecule has 1 aliphatic heterocycles. The molecule has 0 saturated carbocycles. The number of nitrogens with zero attached hydrogens (tertiary/aromatic N) is 1. The molecule has 2 aromatic carbocycles. The zero-order valence-corrected chi connectivity index (χ0v) is 18.3. The Morgan fingerprint density at radius 2 is 1.81 bits per heavy atom. The third kappa shape index (κ3) is 5.46. The topological polar surface area (TPSA) is 72.9 Å². The number of rotatable bonds is 6. The van der Waals surface area contributed by atoms with Crippen LogP contribution in [-0.2, 0) is 9.53 Å². The summed E-state index contributed by atoms with van der Waals surface area (Å²) >= 11 is 3.30. The van der Waals surface area contributed by atoms with Gasteiger partial charge in [-0.2, -0.15) is 0 Å². The number of hydrogen-bond donors (Lipinski definition) is 0. The average molecular weight is 496 g/mol. The van der Waals surface area contributed by atoms with Crippen LogP contribution in [0.25, 0.3) is 0 Å². The molecular formula is C22H20BrF2NO5. The van der Waals surface area contributed by atoms with E-state index >= 15 is 0 Å². The molecule has 164 valence electrons. The summed E-state index contributed by atoms with van der Waals surface area (Å²) in [7, 11) is 1.51. The van der Waals surface area contributed by atoms with E-state index in [1.807, 2.05) is 0 Å². The minimum Gasteiger partial charge on any atom is -0.496 e. The maximum atomic E-state index is 13.8. The van der Waals surface area contributed by atoms with Crippen LogP contribution in [0, 0.1) is 17.6 Å². The number of piperidine rings is 1. The summed E-state index contributed by atoms with van der Waals surface area (Å²) in [6.07, 6.45) is 0.658. The van der Waals surface area contributed by atoms with E-state index in [0.717, 1.165) is 12.1 Å². The SMILES string of the molecule is COc1ccc(C(=O)COC(=O)C2CCN(C(=O)c3ccc(F)cc3F)CC2)cc1Br. The minimum absolute atomic E-state index is 0.210. The van der Waals surface area contributed by atoms with Crippen molar-refractivity contribution < 1.29 is 32.6 Å². The van der Waals surface area contributed by atoms with Crippen LogP contribution in [0.2, 0.25) is 0 Å². The second-order valence-corrected chi connectivity index (χ2v) is 7.93. The third-order valence-corrected chi connectivity index (χ3v) is 5.72. The van der Waals surface area contributed by atoms with Gasteiger partial charge in [0.1, 0.15) is 17.4 Å². The van der Waals surface area contributed by atoms with Crippen molar-refractivity contribution in [2.45, 2.75) is 12.8 Å². The summed E-state index contributed by atoms with van der Waals surface area (Å²) in [6, 6.07) is 7.60. The molecule has 0 unspecified atom stereocenters. The van der Waals surface area contributed by atoms with E-state index in [0.29, 0.717) is 34.7 Å². The first-order chi connectivity index (χ1) is 14.8. The first kappa shape index (κ1) is 22.9. The number of esters is 1. The monoisotopic (exact) mass is 495 g/mol. The van der Waals surface area contributed by atoms with E-state index in [-0.39, 0.29) is 24.4 Å². The number of likely N-dealkylation sites (tertiary alicyclic amines) is 1. The minimum atomic E-state index is -0.921. The van der Waals surface area contributed by atoms with Gasteiger partial charge in [0.05, 0.1) is 23.1 Å². The second kappa shape index (κ2) is 10.00. The van der Waals surface area contributed by atoms with E-state index in [1.54, 1.807) is 18.2 Å². The van der Waals surface area contributed by atoms with Crippen LogP contribution in [0.4, 0.5) is 8.78 Å². The number of halogens is 3. The Hall–Kier alpha value is -2.81. The lowest BCUT2D eigenvalue weighted by molar-refractivity contribution is -0.148. The second-order valence-electron chi connectivity index (χ2n) is 7.07. The maximum absolute atomic E-state index is 13.8. The molecule has 1 saturated heterocycles. The summed E-state index contributed by atoms with van der Waals surface area (Å²) in [5, 5.41) is 0. The quantitative estimate of drug-likeness (QED) is 0.447. The van der Waals surface area contributed by atoms with Crippen molar-refractivity contribution in [3.63, 3.8) is 0 Å². The molecule has 0 atom stereocenters. The molecule has 0 bridgehead atoms. The fraction of sp³-hybridized carbons (Fsp3) is 0.318. The highest BCUT2D eigenvalue weighted by Crippen LogP contribution is 2.26. The summed E-state index contributed by atoms with van der Waals surface area (Å²) in [5.74, 6) is -2.98. The number of ether oxygens (including phenoxy) is 2. The molecule has 31 heavy (non-hydrogen) atoms. The molecule has 0 aromatic heterocycles. The molecule has 2 aromatic rings. The van der Waals surface area contributed by atoms with Gasteiger partial charge in [0, 0.05) is 24.7 Å². The highest BCUT2D eigenvalue weighted by molar-refractivity contribution is 9.10. The molecular weight excluding hydrogens is 476 g/mol. The van der Waals surface area contributed by atoms with Crippen molar-refractivity contribution in [1.29, 1.82) is 0 Å². The Morgan fingerprint density at radius 3 is 2.42 bits per heavy atom. The predicted octanol–water partition coefficient (Wildman–Crippen LogP) is 4.01. The molecule has 0 radical (unpaired) electrons. The van der Waals surface area contributed by atoms with Gasteiger partial charge in [-0.25, -0.2) is 8.78 Å². The van der Waals surface area contributed by atoms with Crippen molar-refractivity contribution in [1.82, 2.24) is 4.90 Å². The van der Waals surface area contributed by atoms with Crippen molar-refractivity contribution in [2.75, 3.05) is 26.8 Å². The Labute approximate surface area is 186 Å². The van der Waals surface area contributed by atoms with Crippen LogP contribution in [0.5, 0.6) is 5.75 Å². The molecule has 1 fully saturated rings. The maximum Gasteiger partial charge on any atom is 0.309 e. The summed E-state index contributed by atoms with van der Waals surface area (Å²) in [5.41, 5.74) is 0.167. The van der Waals surface area contributed by atoms with E-state index in [2.05, 4.69) is 15.9 Å². The number of Topliss-reactive ketones (excluding diaryl/α,β-unsaturated/α-hetero) is 1. The van der Waals surface area contributed by atoms with Crippen molar-refractivity contribution in [2.24, 2.45) is 5.92 Å². The highest BCUT2D eigenvalue weighted by Gasteiger charge is 2.30. The summed E-state index contributed by atoms with van der Waals surface area (Å²) in [4.78, 5) is 38.5. The molecule has 1 heterocycles. The smallest absolute Gasteiger partial charge is 0.309 e. The molecule has 0 spiro atoms. The Morgan fingerprint density at radius 1 is 1.10 bits per heavy atom. The molecule has 6 nitrogen and oxygen atoms in total. The number of methoxy groups -OCH3 is 1.